The van der Waals surface area contributed by atoms with Gasteiger partial charge in [0.05, 0.1) is 11.0 Å². The van der Waals surface area contributed by atoms with E-state index >= 15 is 0 Å². The number of furan rings is 1. The van der Waals surface area contributed by atoms with E-state index in [9.17, 15) is 0 Å². The molecule has 0 bridgehead atoms. The van der Waals surface area contributed by atoms with E-state index < -0.39 is 0 Å². The number of hydrogen-bond acceptors (Lipinski definition) is 2. The largest absolute Gasteiger partial charge is 0.455 e. The van der Waals surface area contributed by atoms with E-state index in [2.05, 4.69) is 162 Å². The Morgan fingerprint density at radius 3 is 1.76 bits per heavy atom. The summed E-state index contributed by atoms with van der Waals surface area (Å²) in [6, 6.07) is 59.4. The van der Waals surface area contributed by atoms with Gasteiger partial charge in [-0.25, -0.2) is 4.98 Å². The molecule has 0 spiro atoms. The highest BCUT2D eigenvalue weighted by atomic mass is 16.3. The Bertz CT molecular complexity index is 2510. The molecule has 7 aromatic carbocycles. The third kappa shape index (κ3) is 4.25. The summed E-state index contributed by atoms with van der Waals surface area (Å²) in [5, 5.41) is 2.13. The number of imidazole rings is 1. The average Bonchev–Trinajstić information content (AvgIpc) is 3.72. The molecule has 0 unspecified atom stereocenters. The van der Waals surface area contributed by atoms with Gasteiger partial charge in [0.2, 0.25) is 0 Å². The van der Waals surface area contributed by atoms with Crippen LogP contribution in [0.2, 0.25) is 0 Å². The van der Waals surface area contributed by atoms with Crippen LogP contribution in [-0.2, 0) is 0 Å². The number of nitrogens with zero attached hydrogens (tertiary/aromatic N) is 2. The van der Waals surface area contributed by atoms with Crippen molar-refractivity contribution in [1.29, 1.82) is 0 Å². The minimum absolute atomic E-state index is 0.860. The Labute approximate surface area is 266 Å². The fraction of sp³-hybridized carbons (Fsp3) is 0. The summed E-state index contributed by atoms with van der Waals surface area (Å²) >= 11 is 0. The lowest BCUT2D eigenvalue weighted by Crippen LogP contribution is -1.98. The summed E-state index contributed by atoms with van der Waals surface area (Å²) in [7, 11) is 0. The van der Waals surface area contributed by atoms with Gasteiger partial charge in [-0.05, 0) is 58.7 Å². The van der Waals surface area contributed by atoms with Gasteiger partial charge in [-0.1, -0.05) is 133 Å². The van der Waals surface area contributed by atoms with Crippen molar-refractivity contribution in [2.45, 2.75) is 0 Å². The fourth-order valence-electron chi connectivity index (χ4n) is 6.70. The summed E-state index contributed by atoms with van der Waals surface area (Å²) in [4.78, 5) is 5.30. The van der Waals surface area contributed by atoms with Crippen molar-refractivity contribution < 1.29 is 4.42 Å². The molecule has 0 amide bonds. The van der Waals surface area contributed by atoms with Gasteiger partial charge in [0.1, 0.15) is 17.0 Å². The molecule has 2 aromatic heterocycles. The summed E-state index contributed by atoms with van der Waals surface area (Å²) in [5.74, 6) is 0.879. The second-order valence-electron chi connectivity index (χ2n) is 11.6. The van der Waals surface area contributed by atoms with Crippen LogP contribution < -0.4 is 0 Å². The third-order valence-corrected chi connectivity index (χ3v) is 8.83. The van der Waals surface area contributed by atoms with Crippen LogP contribution >= 0.6 is 0 Å². The van der Waals surface area contributed by atoms with E-state index in [0.29, 0.717) is 0 Å². The molecule has 9 rings (SSSR count). The second-order valence-corrected chi connectivity index (χ2v) is 11.6. The monoisotopic (exact) mass is 588 g/mol. The highest BCUT2D eigenvalue weighted by Crippen LogP contribution is 2.45. The maximum atomic E-state index is 6.95. The highest BCUT2D eigenvalue weighted by molar-refractivity contribution is 6.18. The Morgan fingerprint density at radius 2 is 1.02 bits per heavy atom. The highest BCUT2D eigenvalue weighted by Gasteiger charge is 2.23. The molecule has 0 radical (unpaired) electrons. The van der Waals surface area contributed by atoms with Crippen molar-refractivity contribution in [3.05, 3.63) is 170 Å². The van der Waals surface area contributed by atoms with Gasteiger partial charge in [-0.15, -0.1) is 0 Å². The van der Waals surface area contributed by atoms with Crippen LogP contribution in [0.3, 0.4) is 0 Å². The minimum Gasteiger partial charge on any atom is -0.455 e. The molecule has 3 heteroatoms. The zero-order valence-corrected chi connectivity index (χ0v) is 25.0. The first kappa shape index (κ1) is 26.2. The summed E-state index contributed by atoms with van der Waals surface area (Å²) in [5.41, 5.74) is 12.5. The zero-order chi connectivity index (χ0) is 30.5. The first-order chi connectivity index (χ1) is 22.8. The lowest BCUT2D eigenvalue weighted by molar-refractivity contribution is 0.671. The Balaban J connectivity index is 1.37. The maximum absolute atomic E-state index is 6.95. The predicted molar refractivity (Wildman–Crippen MR) is 190 cm³/mol. The molecule has 0 aliphatic rings. The van der Waals surface area contributed by atoms with Gasteiger partial charge in [0.15, 0.2) is 0 Å². The quantitative estimate of drug-likeness (QED) is 0.200. The van der Waals surface area contributed by atoms with Crippen LogP contribution in [0.4, 0.5) is 0 Å². The molecule has 0 N–H and O–H groups in total. The van der Waals surface area contributed by atoms with E-state index in [1.54, 1.807) is 0 Å². The third-order valence-electron chi connectivity index (χ3n) is 8.83. The normalized spacial score (nSPS) is 11.5. The first-order valence-electron chi connectivity index (χ1n) is 15.6. The maximum Gasteiger partial charge on any atom is 0.146 e. The van der Waals surface area contributed by atoms with Gasteiger partial charge in [0.25, 0.3) is 0 Å². The summed E-state index contributed by atoms with van der Waals surface area (Å²) in [6.07, 6.45) is 0. The van der Waals surface area contributed by atoms with Crippen LogP contribution in [-0.4, -0.2) is 9.55 Å². The Kier molecular flexibility index (Phi) is 6.14. The molecular formula is C43H28N2O. The number of aromatic nitrogens is 2. The average molecular weight is 589 g/mol. The van der Waals surface area contributed by atoms with E-state index in [4.69, 9.17) is 9.40 Å². The molecule has 0 aliphatic heterocycles. The molecule has 216 valence electrons. The van der Waals surface area contributed by atoms with Crippen LogP contribution in [0, 0.1) is 0 Å². The number of para-hydroxylation sites is 3. The van der Waals surface area contributed by atoms with Crippen LogP contribution in [0.15, 0.2) is 174 Å². The van der Waals surface area contributed by atoms with Crippen molar-refractivity contribution in [1.82, 2.24) is 9.55 Å². The first-order valence-corrected chi connectivity index (χ1v) is 15.6. The Morgan fingerprint density at radius 1 is 0.435 bits per heavy atom. The Hall–Kier alpha value is -6.19. The zero-order valence-electron chi connectivity index (χ0n) is 25.0. The minimum atomic E-state index is 0.860. The lowest BCUT2D eigenvalue weighted by Gasteiger charge is -2.13. The molecular weight excluding hydrogens is 560 g/mol. The van der Waals surface area contributed by atoms with Crippen molar-refractivity contribution in [3.63, 3.8) is 0 Å². The molecule has 2 heterocycles. The van der Waals surface area contributed by atoms with Crippen LogP contribution in [0.1, 0.15) is 0 Å². The second kappa shape index (κ2) is 10.8. The van der Waals surface area contributed by atoms with Gasteiger partial charge in [0, 0.05) is 33.2 Å². The van der Waals surface area contributed by atoms with Gasteiger partial charge in [-0.2, -0.15) is 0 Å². The molecule has 0 aliphatic carbocycles. The standard InChI is InChI=1S/C43H28N2O/c1-4-14-29(15-5-1)32-20-12-21-33(28-32)45-39-25-11-10-24-38(39)44-43(45)37-27-26-35(31-18-8-3-9-19-31)42-40(37)36-23-13-22-34(41(36)46-42)30-16-6-2-7-17-30/h1-28H. The number of rotatable bonds is 5. The summed E-state index contributed by atoms with van der Waals surface area (Å²) < 4.78 is 9.24. The van der Waals surface area contributed by atoms with Crippen molar-refractivity contribution >= 4 is 33.0 Å². The number of fused-ring (bicyclic) bond motifs is 4. The molecule has 0 saturated heterocycles. The van der Waals surface area contributed by atoms with E-state index in [-0.39, 0.29) is 0 Å². The van der Waals surface area contributed by atoms with Crippen molar-refractivity contribution in [2.75, 3.05) is 0 Å². The molecule has 3 nitrogen and oxygen atoms in total. The molecule has 0 saturated carbocycles. The van der Waals surface area contributed by atoms with E-state index in [1.807, 2.05) is 12.1 Å². The SMILES string of the molecule is c1ccc(-c2cccc(-n3c(-c4ccc(-c5ccccc5)c5oc6c(-c7ccccc7)cccc6c45)nc4ccccc43)c2)cc1. The van der Waals surface area contributed by atoms with Crippen molar-refractivity contribution in [3.8, 4) is 50.5 Å². The van der Waals surface area contributed by atoms with Gasteiger partial charge < -0.3 is 4.42 Å². The number of benzene rings is 7. The van der Waals surface area contributed by atoms with Gasteiger partial charge in [-0.3, -0.25) is 4.57 Å². The number of hydrogen-bond donors (Lipinski definition) is 0. The van der Waals surface area contributed by atoms with Gasteiger partial charge >= 0.3 is 0 Å². The summed E-state index contributed by atoms with van der Waals surface area (Å²) in [6.45, 7) is 0. The van der Waals surface area contributed by atoms with Crippen LogP contribution in [0.25, 0.3) is 83.4 Å². The molecule has 46 heavy (non-hydrogen) atoms. The molecule has 0 atom stereocenters. The molecule has 9 aromatic rings. The predicted octanol–water partition coefficient (Wildman–Crippen LogP) is 11.6. The van der Waals surface area contributed by atoms with Crippen LogP contribution in [0.5, 0.6) is 0 Å². The van der Waals surface area contributed by atoms with E-state index in [1.165, 1.54) is 5.56 Å². The molecule has 0 fully saturated rings. The topological polar surface area (TPSA) is 31.0 Å². The van der Waals surface area contributed by atoms with Crippen molar-refractivity contribution in [2.24, 2.45) is 0 Å². The fourth-order valence-corrected chi connectivity index (χ4v) is 6.70. The lowest BCUT2D eigenvalue weighted by atomic mass is 9.96. The smallest absolute Gasteiger partial charge is 0.146 e. The van der Waals surface area contributed by atoms with E-state index in [0.717, 1.165) is 77.9 Å².